The van der Waals surface area contributed by atoms with Gasteiger partial charge in [0.15, 0.2) is 0 Å². The number of fused-ring (bicyclic) bond motifs is 2. The molecule has 4 heterocycles. The monoisotopic (exact) mass is 439 g/mol. The van der Waals surface area contributed by atoms with Crippen LogP contribution < -0.4 is 15.4 Å². The molecule has 0 bridgehead atoms. The number of hydrogen-bond acceptors (Lipinski definition) is 7. The Labute approximate surface area is 174 Å². The third-order valence-corrected chi connectivity index (χ3v) is 6.78. The normalized spacial score (nSPS) is 24.4. The molecule has 160 valence electrons. The third-order valence-electron chi connectivity index (χ3n) is 5.79. The van der Waals surface area contributed by atoms with E-state index < -0.39 is 11.7 Å². The van der Waals surface area contributed by atoms with Gasteiger partial charge in [0.05, 0.1) is 30.7 Å². The molecule has 1 aromatic carbocycles. The van der Waals surface area contributed by atoms with Crippen molar-refractivity contribution in [2.75, 3.05) is 31.7 Å². The number of benzene rings is 1. The molecule has 7 nitrogen and oxygen atoms in total. The molecule has 0 amide bonds. The molecular weight excluding hydrogens is 419 g/mol. The van der Waals surface area contributed by atoms with E-state index in [9.17, 15) is 13.2 Å². The largest absolute Gasteiger partial charge is 0.496 e. The van der Waals surface area contributed by atoms with Crippen LogP contribution in [-0.2, 0) is 10.9 Å². The van der Waals surface area contributed by atoms with Crippen LogP contribution in [0.2, 0.25) is 0 Å². The third kappa shape index (κ3) is 3.21. The number of anilines is 1. The summed E-state index contributed by atoms with van der Waals surface area (Å²) in [5, 5.41) is 5.47. The second-order valence-corrected chi connectivity index (χ2v) is 8.50. The quantitative estimate of drug-likeness (QED) is 0.676. The van der Waals surface area contributed by atoms with Crippen molar-refractivity contribution in [1.82, 2.24) is 14.6 Å². The molecule has 0 unspecified atom stereocenters. The first-order chi connectivity index (χ1) is 14.3. The molecule has 2 saturated heterocycles. The highest BCUT2D eigenvalue weighted by atomic mass is 32.1. The van der Waals surface area contributed by atoms with Crippen LogP contribution in [0.15, 0.2) is 24.4 Å². The smallest absolute Gasteiger partial charge is 0.416 e. The first-order valence-electron chi connectivity index (χ1n) is 9.57. The van der Waals surface area contributed by atoms with Gasteiger partial charge in [0.25, 0.3) is 0 Å². The minimum Gasteiger partial charge on any atom is -0.496 e. The molecule has 2 N–H and O–H groups in total. The van der Waals surface area contributed by atoms with Crippen molar-refractivity contribution < 1.29 is 22.6 Å². The number of rotatable bonds is 3. The zero-order chi connectivity index (χ0) is 21.0. The number of aromatic nitrogens is 3. The van der Waals surface area contributed by atoms with E-state index in [4.69, 9.17) is 15.2 Å². The number of hydrogen-bond donors (Lipinski definition) is 1. The van der Waals surface area contributed by atoms with Crippen molar-refractivity contribution in [1.29, 1.82) is 0 Å². The van der Waals surface area contributed by atoms with E-state index in [2.05, 4.69) is 15.0 Å². The summed E-state index contributed by atoms with van der Waals surface area (Å²) in [6.07, 6.45) is -1.90. The highest BCUT2D eigenvalue weighted by Gasteiger charge is 2.41. The van der Waals surface area contributed by atoms with E-state index in [0.717, 1.165) is 30.2 Å². The van der Waals surface area contributed by atoms with Gasteiger partial charge in [-0.05, 0) is 24.6 Å². The standard InChI is InChI=1S/C19H20F3N5O2S/c1-28-15-6-10(19(20,21)22)2-3-11(15)14-7-24-17-27(14)25-18(30-17)26-8-12-13(23)4-5-29-16(12)9-26/h2-3,6-7,12-13,16H,4-5,8-9,23H2,1H3/t12-,13+,16-/m1/s1. The highest BCUT2D eigenvalue weighted by Crippen LogP contribution is 2.39. The van der Waals surface area contributed by atoms with Gasteiger partial charge in [-0.3, -0.25) is 0 Å². The summed E-state index contributed by atoms with van der Waals surface area (Å²) >= 11 is 1.43. The lowest BCUT2D eigenvalue weighted by Crippen LogP contribution is -2.43. The molecule has 0 spiro atoms. The second kappa shape index (κ2) is 7.10. The van der Waals surface area contributed by atoms with Crippen LogP contribution in [0.4, 0.5) is 18.3 Å². The SMILES string of the molecule is COc1cc(C(F)(F)F)ccc1-c1cnc2sc(N3C[C@@H]4[C@@H](N)CCO[C@@H]4C3)nn12. The Morgan fingerprint density at radius 2 is 2.13 bits per heavy atom. The molecule has 2 aromatic heterocycles. The molecule has 2 fully saturated rings. The van der Waals surface area contributed by atoms with Gasteiger partial charge < -0.3 is 20.1 Å². The number of alkyl halides is 3. The number of nitrogens with zero attached hydrogens (tertiary/aromatic N) is 4. The molecule has 11 heteroatoms. The van der Waals surface area contributed by atoms with Gasteiger partial charge in [0.1, 0.15) is 5.75 Å². The van der Waals surface area contributed by atoms with Crippen LogP contribution >= 0.6 is 11.3 Å². The minimum absolute atomic E-state index is 0.0967. The van der Waals surface area contributed by atoms with Crippen LogP contribution in [-0.4, -0.2) is 53.6 Å². The minimum atomic E-state index is -4.44. The van der Waals surface area contributed by atoms with E-state index in [0.29, 0.717) is 29.4 Å². The Balaban J connectivity index is 1.49. The Morgan fingerprint density at radius 1 is 1.30 bits per heavy atom. The average Bonchev–Trinajstić information content (AvgIpc) is 3.40. The van der Waals surface area contributed by atoms with Crippen molar-refractivity contribution in [2.24, 2.45) is 11.7 Å². The molecule has 2 aliphatic rings. The van der Waals surface area contributed by atoms with Gasteiger partial charge in [-0.1, -0.05) is 11.3 Å². The van der Waals surface area contributed by atoms with E-state index in [1.807, 2.05) is 0 Å². The van der Waals surface area contributed by atoms with Gasteiger partial charge in [0.2, 0.25) is 10.1 Å². The van der Waals surface area contributed by atoms with Crippen molar-refractivity contribution in [3.05, 3.63) is 30.0 Å². The van der Waals surface area contributed by atoms with Crippen LogP contribution in [0, 0.1) is 5.92 Å². The maximum Gasteiger partial charge on any atom is 0.416 e. The molecule has 0 aliphatic carbocycles. The Kier molecular flexibility index (Phi) is 4.64. The lowest BCUT2D eigenvalue weighted by molar-refractivity contribution is -0.137. The lowest BCUT2D eigenvalue weighted by Gasteiger charge is -2.29. The lowest BCUT2D eigenvalue weighted by atomic mass is 9.93. The number of ether oxygens (including phenoxy) is 2. The summed E-state index contributed by atoms with van der Waals surface area (Å²) in [5.41, 5.74) is 6.56. The number of imidazole rings is 1. The van der Waals surface area contributed by atoms with Gasteiger partial charge in [-0.15, -0.1) is 5.10 Å². The van der Waals surface area contributed by atoms with Crippen molar-refractivity contribution in [3.8, 4) is 17.0 Å². The topological polar surface area (TPSA) is 77.9 Å². The van der Waals surface area contributed by atoms with Crippen molar-refractivity contribution >= 4 is 21.4 Å². The van der Waals surface area contributed by atoms with E-state index in [1.54, 1.807) is 10.7 Å². The number of nitrogens with two attached hydrogens (primary N) is 1. The maximum atomic E-state index is 13.1. The first kappa shape index (κ1) is 19.6. The number of methoxy groups -OCH3 is 1. The Morgan fingerprint density at radius 3 is 2.87 bits per heavy atom. The van der Waals surface area contributed by atoms with Gasteiger partial charge in [-0.25, -0.2) is 9.50 Å². The van der Waals surface area contributed by atoms with Crippen molar-refractivity contribution in [2.45, 2.75) is 24.7 Å². The van der Waals surface area contributed by atoms with Gasteiger partial charge in [0, 0.05) is 37.2 Å². The molecule has 30 heavy (non-hydrogen) atoms. The van der Waals surface area contributed by atoms with E-state index in [-0.39, 0.29) is 23.8 Å². The Bertz CT molecular complexity index is 1080. The summed E-state index contributed by atoms with van der Waals surface area (Å²) < 4.78 is 51.9. The van der Waals surface area contributed by atoms with Crippen LogP contribution in [0.5, 0.6) is 5.75 Å². The second-order valence-electron chi connectivity index (χ2n) is 7.57. The molecule has 3 atom stereocenters. The first-order valence-corrected chi connectivity index (χ1v) is 10.4. The average molecular weight is 439 g/mol. The fraction of sp³-hybridized carbons (Fsp3) is 0.474. The van der Waals surface area contributed by atoms with E-state index in [1.165, 1.54) is 24.5 Å². The summed E-state index contributed by atoms with van der Waals surface area (Å²) in [5.74, 6) is 0.386. The molecule has 5 rings (SSSR count). The summed E-state index contributed by atoms with van der Waals surface area (Å²) in [6.45, 7) is 2.16. The summed E-state index contributed by atoms with van der Waals surface area (Å²) in [6, 6.07) is 3.53. The molecule has 0 radical (unpaired) electrons. The highest BCUT2D eigenvalue weighted by molar-refractivity contribution is 7.20. The number of halogens is 3. The maximum absolute atomic E-state index is 13.1. The van der Waals surface area contributed by atoms with Crippen molar-refractivity contribution in [3.63, 3.8) is 0 Å². The predicted octanol–water partition coefficient (Wildman–Crippen LogP) is 3.04. The zero-order valence-corrected chi connectivity index (χ0v) is 16.9. The molecular formula is C19H20F3N5O2S. The summed E-state index contributed by atoms with van der Waals surface area (Å²) in [7, 11) is 1.35. The fourth-order valence-corrected chi connectivity index (χ4v) is 5.08. The molecule has 3 aromatic rings. The molecule has 0 saturated carbocycles. The zero-order valence-electron chi connectivity index (χ0n) is 16.1. The van der Waals surface area contributed by atoms with E-state index >= 15 is 0 Å². The molecule has 2 aliphatic heterocycles. The van der Waals surface area contributed by atoms with Gasteiger partial charge in [-0.2, -0.15) is 13.2 Å². The fourth-order valence-electron chi connectivity index (χ4n) is 4.19. The summed E-state index contributed by atoms with van der Waals surface area (Å²) in [4.78, 5) is 7.20. The van der Waals surface area contributed by atoms with Crippen LogP contribution in [0.25, 0.3) is 16.2 Å². The Hall–Kier alpha value is -2.37. The van der Waals surface area contributed by atoms with Crippen LogP contribution in [0.3, 0.4) is 0 Å². The predicted molar refractivity (Wildman–Crippen MR) is 106 cm³/mol. The van der Waals surface area contributed by atoms with Gasteiger partial charge >= 0.3 is 6.18 Å². The van der Waals surface area contributed by atoms with Crippen LogP contribution in [0.1, 0.15) is 12.0 Å².